The molecule has 3 rings (SSSR count). The lowest BCUT2D eigenvalue weighted by molar-refractivity contribution is 0.104. The van der Waals surface area contributed by atoms with Crippen molar-refractivity contribution in [3.63, 3.8) is 0 Å². The van der Waals surface area contributed by atoms with Crippen LogP contribution in [0.25, 0.3) is 10.2 Å². The zero-order valence-electron chi connectivity index (χ0n) is 11.1. The predicted octanol–water partition coefficient (Wildman–Crippen LogP) is 3.26. The molecule has 0 spiro atoms. The molecule has 0 atom stereocenters. The first kappa shape index (κ1) is 13.5. The maximum Gasteiger partial charge on any atom is 0.205 e. The second-order valence-corrected chi connectivity index (χ2v) is 5.37. The van der Waals surface area contributed by atoms with Crippen LogP contribution in [0.15, 0.2) is 36.5 Å². The molecule has 0 fully saturated rings. The summed E-state index contributed by atoms with van der Waals surface area (Å²) in [7, 11) is 1.54. The average molecular weight is 302 g/mol. The van der Waals surface area contributed by atoms with Crippen LogP contribution in [0.3, 0.4) is 0 Å². The Morgan fingerprint density at radius 1 is 1.29 bits per heavy atom. The quantitative estimate of drug-likeness (QED) is 0.754. The highest BCUT2D eigenvalue weighted by molar-refractivity contribution is 7.21. The third kappa shape index (κ3) is 2.23. The van der Waals surface area contributed by atoms with E-state index in [9.17, 15) is 9.18 Å². The van der Waals surface area contributed by atoms with Crippen LogP contribution in [-0.4, -0.2) is 17.9 Å². The Labute approximate surface area is 124 Å². The fraction of sp³-hybridized carbons (Fsp3) is 0.0667. The van der Waals surface area contributed by atoms with E-state index in [1.54, 1.807) is 12.3 Å². The molecule has 6 heteroatoms. The number of hydrogen-bond donors (Lipinski definition) is 1. The smallest absolute Gasteiger partial charge is 0.205 e. The molecule has 0 radical (unpaired) electrons. The number of thiophene rings is 1. The standard InChI is InChI=1S/C15H11FN2O2S/c1-20-10-6-7-18-15-11(10)12(17)14(21-15)13(19)8-2-4-9(16)5-3-8/h2-7H,17H2,1H3. The highest BCUT2D eigenvalue weighted by Crippen LogP contribution is 2.39. The molecule has 2 aromatic heterocycles. The van der Waals surface area contributed by atoms with Crippen molar-refractivity contribution in [3.8, 4) is 5.75 Å². The van der Waals surface area contributed by atoms with Crippen LogP contribution >= 0.6 is 11.3 Å². The Bertz CT molecular complexity index is 828. The highest BCUT2D eigenvalue weighted by Gasteiger charge is 2.20. The summed E-state index contributed by atoms with van der Waals surface area (Å²) in [6.45, 7) is 0. The van der Waals surface area contributed by atoms with E-state index in [1.807, 2.05) is 0 Å². The van der Waals surface area contributed by atoms with Gasteiger partial charge < -0.3 is 10.5 Å². The summed E-state index contributed by atoms with van der Waals surface area (Å²) in [5.41, 5.74) is 6.80. The number of aromatic nitrogens is 1. The summed E-state index contributed by atoms with van der Waals surface area (Å²) in [6, 6.07) is 7.06. The number of rotatable bonds is 3. The Morgan fingerprint density at radius 3 is 2.67 bits per heavy atom. The molecule has 0 saturated heterocycles. The molecular formula is C15H11FN2O2S. The van der Waals surface area contributed by atoms with E-state index in [0.29, 0.717) is 32.1 Å². The van der Waals surface area contributed by atoms with Gasteiger partial charge in [0.25, 0.3) is 0 Å². The third-order valence-corrected chi connectivity index (χ3v) is 4.24. The molecule has 0 aliphatic rings. The number of anilines is 1. The highest BCUT2D eigenvalue weighted by atomic mass is 32.1. The van der Waals surface area contributed by atoms with Gasteiger partial charge in [0.1, 0.15) is 21.3 Å². The van der Waals surface area contributed by atoms with Gasteiger partial charge in [-0.3, -0.25) is 4.79 Å². The van der Waals surface area contributed by atoms with Gasteiger partial charge in [-0.1, -0.05) is 0 Å². The number of nitrogens with zero attached hydrogens (tertiary/aromatic N) is 1. The van der Waals surface area contributed by atoms with Crippen LogP contribution in [0, 0.1) is 5.82 Å². The zero-order chi connectivity index (χ0) is 15.0. The zero-order valence-corrected chi connectivity index (χ0v) is 11.9. The van der Waals surface area contributed by atoms with Gasteiger partial charge in [0, 0.05) is 11.8 Å². The number of pyridine rings is 1. The Balaban J connectivity index is 2.14. The van der Waals surface area contributed by atoms with E-state index in [4.69, 9.17) is 10.5 Å². The molecule has 0 bridgehead atoms. The fourth-order valence-corrected chi connectivity index (χ4v) is 3.13. The summed E-state index contributed by atoms with van der Waals surface area (Å²) in [6.07, 6.45) is 1.60. The summed E-state index contributed by atoms with van der Waals surface area (Å²) < 4.78 is 18.2. The second kappa shape index (κ2) is 5.14. The lowest BCUT2D eigenvalue weighted by Gasteiger charge is -2.02. The Kier molecular flexibility index (Phi) is 3.31. The van der Waals surface area contributed by atoms with Gasteiger partial charge in [-0.2, -0.15) is 0 Å². The molecular weight excluding hydrogens is 291 g/mol. The topological polar surface area (TPSA) is 65.2 Å². The molecule has 2 heterocycles. The first-order chi connectivity index (χ1) is 10.1. The number of halogens is 1. The molecule has 1 aromatic carbocycles. The summed E-state index contributed by atoms with van der Waals surface area (Å²) in [5, 5.41) is 0.635. The first-order valence-corrected chi connectivity index (χ1v) is 6.94. The van der Waals surface area contributed by atoms with Crippen molar-refractivity contribution in [2.75, 3.05) is 12.8 Å². The van der Waals surface area contributed by atoms with Gasteiger partial charge in [-0.15, -0.1) is 11.3 Å². The number of ketones is 1. The minimum Gasteiger partial charge on any atom is -0.496 e. The van der Waals surface area contributed by atoms with E-state index in [1.165, 1.54) is 42.7 Å². The lowest BCUT2D eigenvalue weighted by Crippen LogP contribution is -2.02. The number of hydrogen-bond acceptors (Lipinski definition) is 5. The summed E-state index contributed by atoms with van der Waals surface area (Å²) >= 11 is 1.20. The number of nitrogens with two attached hydrogens (primary N) is 1. The van der Waals surface area contributed by atoms with Gasteiger partial charge in [0.2, 0.25) is 5.78 Å². The molecule has 2 N–H and O–H groups in total. The number of carbonyl (C=O) groups is 1. The van der Waals surface area contributed by atoms with Gasteiger partial charge in [0.05, 0.1) is 18.2 Å². The van der Waals surface area contributed by atoms with Crippen LogP contribution in [0.4, 0.5) is 10.1 Å². The van der Waals surface area contributed by atoms with Crippen molar-refractivity contribution >= 4 is 33.0 Å². The van der Waals surface area contributed by atoms with E-state index >= 15 is 0 Å². The summed E-state index contributed by atoms with van der Waals surface area (Å²) in [5.74, 6) is -0.0661. The average Bonchev–Trinajstić information content (AvgIpc) is 2.84. The molecule has 0 aliphatic carbocycles. The minimum atomic E-state index is -0.390. The van der Waals surface area contributed by atoms with Crippen molar-refractivity contribution in [1.29, 1.82) is 0 Å². The normalized spacial score (nSPS) is 10.8. The van der Waals surface area contributed by atoms with Crippen LogP contribution in [0.5, 0.6) is 5.75 Å². The molecule has 4 nitrogen and oxygen atoms in total. The van der Waals surface area contributed by atoms with Crippen LogP contribution in [-0.2, 0) is 0 Å². The molecule has 21 heavy (non-hydrogen) atoms. The van der Waals surface area contributed by atoms with Crippen molar-refractivity contribution in [2.24, 2.45) is 0 Å². The second-order valence-electron chi connectivity index (χ2n) is 4.37. The van der Waals surface area contributed by atoms with Crippen LogP contribution in [0.2, 0.25) is 0 Å². The number of methoxy groups -OCH3 is 1. The minimum absolute atomic E-state index is 0.252. The number of nitrogen functional groups attached to an aromatic ring is 1. The van der Waals surface area contributed by atoms with Crippen molar-refractivity contribution in [3.05, 3.63) is 52.8 Å². The Hall–Kier alpha value is -2.47. The molecule has 3 aromatic rings. The van der Waals surface area contributed by atoms with Crippen molar-refractivity contribution in [1.82, 2.24) is 4.98 Å². The third-order valence-electron chi connectivity index (χ3n) is 3.12. The largest absolute Gasteiger partial charge is 0.496 e. The van der Waals surface area contributed by atoms with E-state index in [0.717, 1.165) is 0 Å². The molecule has 0 saturated carbocycles. The van der Waals surface area contributed by atoms with Gasteiger partial charge in [-0.05, 0) is 30.3 Å². The maximum absolute atomic E-state index is 12.9. The molecule has 0 unspecified atom stereocenters. The monoisotopic (exact) mass is 302 g/mol. The van der Waals surface area contributed by atoms with Gasteiger partial charge in [-0.25, -0.2) is 9.37 Å². The SMILES string of the molecule is COc1ccnc2sc(C(=O)c3ccc(F)cc3)c(N)c12. The fourth-order valence-electron chi connectivity index (χ4n) is 2.09. The predicted molar refractivity (Wildman–Crippen MR) is 80.4 cm³/mol. The number of carbonyl (C=O) groups excluding carboxylic acids is 1. The van der Waals surface area contributed by atoms with E-state index in [-0.39, 0.29) is 11.6 Å². The number of benzene rings is 1. The lowest BCUT2D eigenvalue weighted by atomic mass is 10.1. The van der Waals surface area contributed by atoms with Crippen molar-refractivity contribution < 1.29 is 13.9 Å². The van der Waals surface area contributed by atoms with E-state index < -0.39 is 0 Å². The number of fused-ring (bicyclic) bond motifs is 1. The maximum atomic E-state index is 12.9. The van der Waals surface area contributed by atoms with E-state index in [2.05, 4.69) is 4.98 Å². The molecule has 0 amide bonds. The summed E-state index contributed by atoms with van der Waals surface area (Å²) in [4.78, 5) is 17.7. The van der Waals surface area contributed by atoms with Gasteiger partial charge >= 0.3 is 0 Å². The van der Waals surface area contributed by atoms with Gasteiger partial charge in [0.15, 0.2) is 0 Å². The molecule has 0 aliphatic heterocycles. The van der Waals surface area contributed by atoms with Crippen LogP contribution in [0.1, 0.15) is 15.2 Å². The van der Waals surface area contributed by atoms with Crippen LogP contribution < -0.4 is 10.5 Å². The number of ether oxygens (including phenoxy) is 1. The Morgan fingerprint density at radius 2 is 2.00 bits per heavy atom. The van der Waals surface area contributed by atoms with Crippen molar-refractivity contribution in [2.45, 2.75) is 0 Å². The first-order valence-electron chi connectivity index (χ1n) is 6.13. The molecule has 106 valence electrons.